The Kier molecular flexibility index (Phi) is 4.67. The number of carbonyl (C=O) groups is 1. The summed E-state index contributed by atoms with van der Waals surface area (Å²) in [5.74, 6) is 0.766. The zero-order valence-electron chi connectivity index (χ0n) is 14.5. The van der Waals surface area contributed by atoms with E-state index in [9.17, 15) is 4.79 Å². The molecule has 1 N–H and O–H groups in total. The Morgan fingerprint density at radius 3 is 2.58 bits per heavy atom. The van der Waals surface area contributed by atoms with Crippen molar-refractivity contribution in [1.82, 2.24) is 0 Å². The number of carbonyl (C=O) groups excluding carboxylic acids is 1. The van der Waals surface area contributed by atoms with Gasteiger partial charge in [0.05, 0.1) is 0 Å². The van der Waals surface area contributed by atoms with Crippen LogP contribution in [0.2, 0.25) is 0 Å². The Balaban J connectivity index is 1.39. The van der Waals surface area contributed by atoms with Crippen LogP contribution < -0.4 is 5.32 Å². The van der Waals surface area contributed by atoms with Crippen LogP contribution in [0.25, 0.3) is 21.9 Å². The molecular formula is C22H19NO2S. The van der Waals surface area contributed by atoms with Gasteiger partial charge in [-0.2, -0.15) is 0 Å². The second-order valence-corrected chi connectivity index (χ2v) is 7.44. The molecule has 1 aromatic heterocycles. The van der Waals surface area contributed by atoms with E-state index in [2.05, 4.69) is 36.5 Å². The molecule has 26 heavy (non-hydrogen) atoms. The fraction of sp³-hybridized carbons (Fsp3) is 0.136. The van der Waals surface area contributed by atoms with Crippen LogP contribution in [0.5, 0.6) is 0 Å². The molecule has 0 aliphatic rings. The second kappa shape index (κ2) is 7.26. The SMILES string of the molecule is Cc1ccc(SCCC(=O)Nc2ccc3c(c2)oc2ccccc23)cc1. The number of amides is 1. The molecule has 0 bridgehead atoms. The van der Waals surface area contributed by atoms with E-state index >= 15 is 0 Å². The molecule has 0 saturated carbocycles. The third-order valence-electron chi connectivity index (χ3n) is 4.28. The predicted molar refractivity (Wildman–Crippen MR) is 109 cm³/mol. The van der Waals surface area contributed by atoms with Gasteiger partial charge in [0, 0.05) is 39.6 Å². The molecule has 130 valence electrons. The van der Waals surface area contributed by atoms with E-state index in [0.717, 1.165) is 33.4 Å². The van der Waals surface area contributed by atoms with Crippen molar-refractivity contribution < 1.29 is 9.21 Å². The van der Waals surface area contributed by atoms with Crippen LogP contribution in [0.3, 0.4) is 0 Å². The van der Waals surface area contributed by atoms with Gasteiger partial charge in [-0.15, -0.1) is 11.8 Å². The number of hydrogen-bond donors (Lipinski definition) is 1. The van der Waals surface area contributed by atoms with Crippen LogP contribution in [-0.4, -0.2) is 11.7 Å². The van der Waals surface area contributed by atoms with Gasteiger partial charge in [0.15, 0.2) is 0 Å². The third-order valence-corrected chi connectivity index (χ3v) is 5.30. The zero-order valence-corrected chi connectivity index (χ0v) is 15.3. The van der Waals surface area contributed by atoms with E-state index in [1.165, 1.54) is 10.5 Å². The predicted octanol–water partition coefficient (Wildman–Crippen LogP) is 6.02. The molecular weight excluding hydrogens is 342 g/mol. The summed E-state index contributed by atoms with van der Waals surface area (Å²) in [5.41, 5.74) is 3.66. The molecule has 0 saturated heterocycles. The molecule has 4 heteroatoms. The molecule has 0 atom stereocenters. The lowest BCUT2D eigenvalue weighted by molar-refractivity contribution is -0.115. The van der Waals surface area contributed by atoms with Crippen molar-refractivity contribution in [2.24, 2.45) is 0 Å². The Hall–Kier alpha value is -2.72. The monoisotopic (exact) mass is 361 g/mol. The van der Waals surface area contributed by atoms with Crippen molar-refractivity contribution in [2.75, 3.05) is 11.1 Å². The quantitative estimate of drug-likeness (QED) is 0.442. The summed E-state index contributed by atoms with van der Waals surface area (Å²) in [4.78, 5) is 13.4. The number of anilines is 1. The number of furan rings is 1. The Labute approximate surface area is 156 Å². The van der Waals surface area contributed by atoms with E-state index in [1.807, 2.05) is 42.5 Å². The van der Waals surface area contributed by atoms with Gasteiger partial charge in [-0.1, -0.05) is 35.9 Å². The van der Waals surface area contributed by atoms with Crippen LogP contribution in [-0.2, 0) is 4.79 Å². The van der Waals surface area contributed by atoms with E-state index in [4.69, 9.17) is 4.42 Å². The van der Waals surface area contributed by atoms with Gasteiger partial charge in [0.1, 0.15) is 11.2 Å². The molecule has 0 unspecified atom stereocenters. The van der Waals surface area contributed by atoms with Crippen molar-refractivity contribution >= 4 is 45.3 Å². The van der Waals surface area contributed by atoms with Crippen LogP contribution in [0.15, 0.2) is 76.0 Å². The highest BCUT2D eigenvalue weighted by Crippen LogP contribution is 2.30. The van der Waals surface area contributed by atoms with Gasteiger partial charge in [-0.05, 0) is 37.3 Å². The summed E-state index contributed by atoms with van der Waals surface area (Å²) in [6.07, 6.45) is 0.469. The average Bonchev–Trinajstić information content (AvgIpc) is 3.01. The maximum absolute atomic E-state index is 12.2. The smallest absolute Gasteiger partial charge is 0.225 e. The fourth-order valence-electron chi connectivity index (χ4n) is 2.92. The minimum Gasteiger partial charge on any atom is -0.456 e. The lowest BCUT2D eigenvalue weighted by atomic mass is 10.1. The van der Waals surface area contributed by atoms with Crippen molar-refractivity contribution in [3.05, 3.63) is 72.3 Å². The third kappa shape index (κ3) is 3.60. The highest BCUT2D eigenvalue weighted by Gasteiger charge is 2.08. The van der Waals surface area contributed by atoms with Gasteiger partial charge < -0.3 is 9.73 Å². The number of nitrogens with one attached hydrogen (secondary N) is 1. The first kappa shape index (κ1) is 16.7. The largest absolute Gasteiger partial charge is 0.456 e. The molecule has 3 nitrogen and oxygen atoms in total. The summed E-state index contributed by atoms with van der Waals surface area (Å²) < 4.78 is 5.87. The number of thioether (sulfide) groups is 1. The fourth-order valence-corrected chi connectivity index (χ4v) is 3.77. The van der Waals surface area contributed by atoms with Crippen molar-refractivity contribution in [1.29, 1.82) is 0 Å². The lowest BCUT2D eigenvalue weighted by Gasteiger charge is -2.05. The maximum Gasteiger partial charge on any atom is 0.225 e. The molecule has 3 aromatic carbocycles. The first-order valence-electron chi connectivity index (χ1n) is 8.60. The van der Waals surface area contributed by atoms with E-state index in [-0.39, 0.29) is 5.91 Å². The van der Waals surface area contributed by atoms with Gasteiger partial charge in [0.25, 0.3) is 0 Å². The maximum atomic E-state index is 12.2. The summed E-state index contributed by atoms with van der Waals surface area (Å²) >= 11 is 1.69. The number of rotatable bonds is 5. The van der Waals surface area contributed by atoms with Gasteiger partial charge in [-0.3, -0.25) is 4.79 Å². The van der Waals surface area contributed by atoms with Gasteiger partial charge in [0.2, 0.25) is 5.91 Å². The normalized spacial score (nSPS) is 11.1. The van der Waals surface area contributed by atoms with Crippen LogP contribution in [0, 0.1) is 6.92 Å². The van der Waals surface area contributed by atoms with E-state index in [1.54, 1.807) is 11.8 Å². The van der Waals surface area contributed by atoms with Gasteiger partial charge >= 0.3 is 0 Å². The summed E-state index contributed by atoms with van der Waals surface area (Å²) in [7, 11) is 0. The number of para-hydroxylation sites is 1. The van der Waals surface area contributed by atoms with Crippen LogP contribution in [0.1, 0.15) is 12.0 Å². The molecule has 1 heterocycles. The summed E-state index contributed by atoms with van der Waals surface area (Å²) in [5, 5.41) is 5.12. The van der Waals surface area contributed by atoms with E-state index in [0.29, 0.717) is 6.42 Å². The minimum atomic E-state index is 0.0140. The first-order valence-corrected chi connectivity index (χ1v) is 9.58. The molecule has 0 aliphatic carbocycles. The summed E-state index contributed by atoms with van der Waals surface area (Å²) in [6, 6.07) is 22.1. The van der Waals surface area contributed by atoms with Crippen LogP contribution >= 0.6 is 11.8 Å². The molecule has 4 rings (SSSR count). The van der Waals surface area contributed by atoms with E-state index < -0.39 is 0 Å². The molecule has 0 radical (unpaired) electrons. The minimum absolute atomic E-state index is 0.0140. The highest BCUT2D eigenvalue weighted by molar-refractivity contribution is 7.99. The van der Waals surface area contributed by atoms with Crippen LogP contribution in [0.4, 0.5) is 5.69 Å². The Morgan fingerprint density at radius 1 is 0.962 bits per heavy atom. The standard InChI is InChI=1S/C22H19NO2S/c1-15-6-9-17(10-7-15)26-13-12-22(24)23-16-8-11-19-18-4-2-3-5-20(18)25-21(19)14-16/h2-11,14H,12-13H2,1H3,(H,23,24). The molecule has 0 aliphatic heterocycles. The highest BCUT2D eigenvalue weighted by atomic mass is 32.2. The Bertz CT molecular complexity index is 1070. The molecule has 0 spiro atoms. The number of fused-ring (bicyclic) bond motifs is 3. The molecule has 1 amide bonds. The average molecular weight is 361 g/mol. The number of aryl methyl sites for hydroxylation is 1. The van der Waals surface area contributed by atoms with Gasteiger partial charge in [-0.25, -0.2) is 0 Å². The molecule has 4 aromatic rings. The number of benzene rings is 3. The second-order valence-electron chi connectivity index (χ2n) is 6.27. The Morgan fingerprint density at radius 2 is 1.73 bits per heavy atom. The number of hydrogen-bond acceptors (Lipinski definition) is 3. The topological polar surface area (TPSA) is 42.2 Å². The lowest BCUT2D eigenvalue weighted by Crippen LogP contribution is -2.11. The van der Waals surface area contributed by atoms with Crippen molar-refractivity contribution in [2.45, 2.75) is 18.2 Å². The molecule has 0 fully saturated rings. The van der Waals surface area contributed by atoms with Crippen molar-refractivity contribution in [3.63, 3.8) is 0 Å². The summed E-state index contributed by atoms with van der Waals surface area (Å²) in [6.45, 7) is 2.07. The zero-order chi connectivity index (χ0) is 17.9. The first-order chi connectivity index (χ1) is 12.7. The van der Waals surface area contributed by atoms with Crippen molar-refractivity contribution in [3.8, 4) is 0 Å².